The predicted molar refractivity (Wildman–Crippen MR) is 53.9 cm³/mol. The summed E-state index contributed by atoms with van der Waals surface area (Å²) in [4.78, 5) is 0. The van der Waals surface area contributed by atoms with Gasteiger partial charge in [-0.3, -0.25) is 4.72 Å². The fraction of sp³-hybridized carbons (Fsp3) is 0.333. The molecule has 5 heteroatoms. The van der Waals surface area contributed by atoms with Gasteiger partial charge in [-0.25, -0.2) is 8.42 Å². The van der Waals surface area contributed by atoms with Crippen LogP contribution < -0.4 is 9.46 Å². The van der Waals surface area contributed by atoms with Crippen LogP contribution in [0.4, 0.5) is 5.69 Å². The minimum absolute atomic E-state index is 0.300. The van der Waals surface area contributed by atoms with Gasteiger partial charge in [-0.05, 0) is 24.1 Å². The highest BCUT2D eigenvalue weighted by Gasteiger charge is 2.20. The molecule has 1 aliphatic heterocycles. The molecular formula is C9H11NO3S. The first kappa shape index (κ1) is 9.33. The van der Waals surface area contributed by atoms with Crippen molar-refractivity contribution in [2.24, 2.45) is 0 Å². The van der Waals surface area contributed by atoms with Crippen molar-refractivity contribution < 1.29 is 13.2 Å². The van der Waals surface area contributed by atoms with E-state index in [-0.39, 0.29) is 5.94 Å². The van der Waals surface area contributed by atoms with Gasteiger partial charge in [0.1, 0.15) is 5.75 Å². The summed E-state index contributed by atoms with van der Waals surface area (Å²) in [5.41, 5.74) is 1.62. The van der Waals surface area contributed by atoms with Crippen molar-refractivity contribution in [3.05, 3.63) is 23.8 Å². The lowest BCUT2D eigenvalue weighted by atomic mass is 10.1. The zero-order valence-electron chi connectivity index (χ0n) is 7.78. The summed E-state index contributed by atoms with van der Waals surface area (Å²) in [5.74, 6) is 0.294. The van der Waals surface area contributed by atoms with E-state index in [2.05, 4.69) is 4.72 Å². The van der Waals surface area contributed by atoms with Gasteiger partial charge in [0.05, 0.1) is 5.69 Å². The molecule has 1 N–H and O–H groups in total. The SMILES string of the molecule is CCc1ccc2c(c1)NS(=O)(=O)CO2. The second-order valence-corrected chi connectivity index (χ2v) is 4.83. The number of anilines is 1. The van der Waals surface area contributed by atoms with Crippen molar-refractivity contribution in [3.8, 4) is 5.75 Å². The quantitative estimate of drug-likeness (QED) is 0.766. The Morgan fingerprint density at radius 1 is 1.50 bits per heavy atom. The van der Waals surface area contributed by atoms with E-state index in [0.717, 1.165) is 12.0 Å². The van der Waals surface area contributed by atoms with Crippen LogP contribution in [0.15, 0.2) is 18.2 Å². The summed E-state index contributed by atoms with van der Waals surface area (Å²) in [6, 6.07) is 5.51. The number of nitrogens with one attached hydrogen (secondary N) is 1. The van der Waals surface area contributed by atoms with Crippen LogP contribution in [0.3, 0.4) is 0 Å². The zero-order chi connectivity index (χ0) is 10.2. The highest BCUT2D eigenvalue weighted by molar-refractivity contribution is 7.92. The smallest absolute Gasteiger partial charge is 0.268 e. The van der Waals surface area contributed by atoms with Gasteiger partial charge in [0.2, 0.25) is 5.94 Å². The predicted octanol–water partition coefficient (Wildman–Crippen LogP) is 1.34. The molecule has 0 atom stereocenters. The molecular weight excluding hydrogens is 202 g/mol. The molecule has 0 radical (unpaired) electrons. The van der Waals surface area contributed by atoms with E-state index in [0.29, 0.717) is 11.4 Å². The molecule has 4 nitrogen and oxygen atoms in total. The van der Waals surface area contributed by atoms with Gasteiger partial charge in [0, 0.05) is 0 Å². The van der Waals surface area contributed by atoms with Crippen LogP contribution in [0.1, 0.15) is 12.5 Å². The van der Waals surface area contributed by atoms with E-state index < -0.39 is 10.0 Å². The molecule has 0 amide bonds. The second-order valence-electron chi connectivity index (χ2n) is 3.16. The van der Waals surface area contributed by atoms with Crippen molar-refractivity contribution >= 4 is 15.7 Å². The third kappa shape index (κ3) is 1.68. The Balaban J connectivity index is 2.44. The number of sulfonamides is 1. The van der Waals surface area contributed by atoms with Gasteiger partial charge < -0.3 is 4.74 Å². The van der Waals surface area contributed by atoms with Crippen LogP contribution in [0.5, 0.6) is 5.75 Å². The second kappa shape index (κ2) is 3.16. The molecule has 0 spiro atoms. The maximum atomic E-state index is 11.2. The van der Waals surface area contributed by atoms with Crippen LogP contribution >= 0.6 is 0 Å². The van der Waals surface area contributed by atoms with E-state index in [9.17, 15) is 8.42 Å². The van der Waals surface area contributed by atoms with Crippen LogP contribution in [0.25, 0.3) is 0 Å². The minimum Gasteiger partial charge on any atom is -0.474 e. The summed E-state index contributed by atoms with van der Waals surface area (Å²) < 4.78 is 29.9. The average Bonchev–Trinajstić information content (AvgIpc) is 2.15. The first-order chi connectivity index (χ1) is 6.61. The topological polar surface area (TPSA) is 55.4 Å². The van der Waals surface area contributed by atoms with E-state index in [4.69, 9.17) is 4.74 Å². The highest BCUT2D eigenvalue weighted by atomic mass is 32.2. The highest BCUT2D eigenvalue weighted by Crippen LogP contribution is 2.30. The normalized spacial score (nSPS) is 17.8. The Hall–Kier alpha value is -1.23. The average molecular weight is 213 g/mol. The Labute approximate surface area is 82.9 Å². The molecule has 0 saturated heterocycles. The van der Waals surface area contributed by atoms with Crippen molar-refractivity contribution in [2.45, 2.75) is 13.3 Å². The lowest BCUT2D eigenvalue weighted by molar-refractivity contribution is 0.374. The number of rotatable bonds is 1. The Morgan fingerprint density at radius 2 is 2.29 bits per heavy atom. The van der Waals surface area contributed by atoms with Gasteiger partial charge in [-0.2, -0.15) is 0 Å². The summed E-state index contributed by atoms with van der Waals surface area (Å²) in [7, 11) is -3.29. The van der Waals surface area contributed by atoms with Gasteiger partial charge in [-0.1, -0.05) is 13.0 Å². The molecule has 76 valence electrons. The molecule has 0 aromatic heterocycles. The van der Waals surface area contributed by atoms with E-state index in [1.54, 1.807) is 12.1 Å². The molecule has 1 aromatic carbocycles. The molecule has 0 aliphatic carbocycles. The zero-order valence-corrected chi connectivity index (χ0v) is 8.60. The van der Waals surface area contributed by atoms with Crippen molar-refractivity contribution in [1.29, 1.82) is 0 Å². The number of hydrogen-bond donors (Lipinski definition) is 1. The number of aryl methyl sites for hydroxylation is 1. The Morgan fingerprint density at radius 3 is 3.00 bits per heavy atom. The largest absolute Gasteiger partial charge is 0.474 e. The summed E-state index contributed by atoms with van der Waals surface area (Å²) in [5, 5.41) is 0. The van der Waals surface area contributed by atoms with Crippen molar-refractivity contribution in [1.82, 2.24) is 0 Å². The maximum absolute atomic E-state index is 11.2. The van der Waals surface area contributed by atoms with Crippen LogP contribution in [0, 0.1) is 0 Å². The number of hydrogen-bond acceptors (Lipinski definition) is 3. The lowest BCUT2D eigenvalue weighted by Gasteiger charge is -2.19. The first-order valence-corrected chi connectivity index (χ1v) is 6.02. The lowest BCUT2D eigenvalue weighted by Crippen LogP contribution is -2.25. The summed E-state index contributed by atoms with van der Waals surface area (Å²) in [6.45, 7) is 2.01. The molecule has 1 aromatic rings. The summed E-state index contributed by atoms with van der Waals surface area (Å²) >= 11 is 0. The summed E-state index contributed by atoms with van der Waals surface area (Å²) in [6.07, 6.45) is 0.870. The fourth-order valence-electron chi connectivity index (χ4n) is 1.34. The van der Waals surface area contributed by atoms with Crippen LogP contribution in [-0.2, 0) is 16.4 Å². The fourth-order valence-corrected chi connectivity index (χ4v) is 2.18. The molecule has 14 heavy (non-hydrogen) atoms. The van der Waals surface area contributed by atoms with E-state index >= 15 is 0 Å². The number of ether oxygens (including phenoxy) is 1. The molecule has 1 heterocycles. The number of benzene rings is 1. The molecule has 0 fully saturated rings. The molecule has 0 saturated carbocycles. The van der Waals surface area contributed by atoms with Crippen molar-refractivity contribution in [3.63, 3.8) is 0 Å². The molecule has 0 unspecified atom stereocenters. The van der Waals surface area contributed by atoms with Gasteiger partial charge in [0.15, 0.2) is 0 Å². The van der Waals surface area contributed by atoms with Crippen molar-refractivity contribution in [2.75, 3.05) is 10.7 Å². The monoisotopic (exact) mass is 213 g/mol. The van der Waals surface area contributed by atoms with Gasteiger partial charge in [0.25, 0.3) is 10.0 Å². The van der Waals surface area contributed by atoms with E-state index in [1.165, 1.54) is 0 Å². The standard InChI is InChI=1S/C9H11NO3S/c1-2-7-3-4-9-8(5-7)10-14(11,12)6-13-9/h3-5,10H,2,6H2,1H3. The van der Waals surface area contributed by atoms with Crippen LogP contribution in [-0.4, -0.2) is 14.4 Å². The van der Waals surface area contributed by atoms with Gasteiger partial charge in [-0.15, -0.1) is 0 Å². The number of fused-ring (bicyclic) bond motifs is 1. The molecule has 0 bridgehead atoms. The Kier molecular flexibility index (Phi) is 2.11. The first-order valence-electron chi connectivity index (χ1n) is 4.37. The van der Waals surface area contributed by atoms with Crippen LogP contribution in [0.2, 0.25) is 0 Å². The van der Waals surface area contributed by atoms with Gasteiger partial charge >= 0.3 is 0 Å². The molecule has 2 rings (SSSR count). The Bertz CT molecular complexity index is 453. The van der Waals surface area contributed by atoms with E-state index in [1.807, 2.05) is 13.0 Å². The third-order valence-electron chi connectivity index (χ3n) is 2.09. The molecule has 1 aliphatic rings. The minimum atomic E-state index is -3.29. The third-order valence-corrected chi connectivity index (χ3v) is 3.05. The maximum Gasteiger partial charge on any atom is 0.268 e.